The Morgan fingerprint density at radius 2 is 2.19 bits per heavy atom. The molecule has 0 bridgehead atoms. The summed E-state index contributed by atoms with van der Waals surface area (Å²) in [5.74, 6) is 0.0812. The van der Waals surface area contributed by atoms with Gasteiger partial charge in [0.05, 0.1) is 11.8 Å². The number of hydrogen-bond acceptors (Lipinski definition) is 4. The van der Waals surface area contributed by atoms with Gasteiger partial charge in [0.2, 0.25) is 0 Å². The van der Waals surface area contributed by atoms with Crippen LogP contribution in [0, 0.1) is 5.82 Å². The highest BCUT2D eigenvalue weighted by molar-refractivity contribution is 5.79. The summed E-state index contributed by atoms with van der Waals surface area (Å²) < 4.78 is 18.4. The zero-order chi connectivity index (χ0) is 14.8. The molecular formula is C16H21FN2O2. The summed E-state index contributed by atoms with van der Waals surface area (Å²) in [6.45, 7) is 4.78. The first kappa shape index (κ1) is 14.5. The summed E-state index contributed by atoms with van der Waals surface area (Å²) in [6.07, 6.45) is 2.63. The largest absolute Gasteiger partial charge is 0.393 e. The molecule has 1 aliphatic heterocycles. The lowest BCUT2D eigenvalue weighted by molar-refractivity contribution is 0.141. The molecule has 1 saturated heterocycles. The van der Waals surface area contributed by atoms with Crippen LogP contribution in [0.25, 0.3) is 11.0 Å². The third-order valence-electron chi connectivity index (χ3n) is 4.30. The number of rotatable bonds is 4. The van der Waals surface area contributed by atoms with Gasteiger partial charge in [-0.1, -0.05) is 5.16 Å². The van der Waals surface area contributed by atoms with Gasteiger partial charge in [-0.2, -0.15) is 0 Å². The molecule has 1 atom stereocenters. The van der Waals surface area contributed by atoms with Crippen molar-refractivity contribution in [3.05, 3.63) is 29.7 Å². The third-order valence-corrected chi connectivity index (χ3v) is 4.30. The van der Waals surface area contributed by atoms with Gasteiger partial charge < -0.3 is 14.5 Å². The molecule has 1 unspecified atom stereocenters. The van der Waals surface area contributed by atoms with Crippen LogP contribution in [-0.4, -0.2) is 40.9 Å². The molecule has 0 saturated carbocycles. The second-order valence-corrected chi connectivity index (χ2v) is 5.96. The van der Waals surface area contributed by atoms with E-state index in [1.54, 1.807) is 6.07 Å². The van der Waals surface area contributed by atoms with E-state index in [0.29, 0.717) is 11.5 Å². The van der Waals surface area contributed by atoms with E-state index in [9.17, 15) is 9.50 Å². The van der Waals surface area contributed by atoms with Crippen molar-refractivity contribution in [1.82, 2.24) is 10.1 Å². The molecule has 1 N–H and O–H groups in total. The normalized spacial score (nSPS) is 19.2. The van der Waals surface area contributed by atoms with Crippen molar-refractivity contribution >= 4 is 11.0 Å². The van der Waals surface area contributed by atoms with Crippen LogP contribution in [-0.2, 0) is 0 Å². The average molecular weight is 292 g/mol. The van der Waals surface area contributed by atoms with E-state index in [1.807, 2.05) is 6.92 Å². The quantitative estimate of drug-likeness (QED) is 0.941. The lowest BCUT2D eigenvalue weighted by atomic mass is 9.91. The van der Waals surface area contributed by atoms with E-state index in [2.05, 4.69) is 10.1 Å². The van der Waals surface area contributed by atoms with E-state index < -0.39 is 0 Å². The minimum Gasteiger partial charge on any atom is -0.393 e. The van der Waals surface area contributed by atoms with Crippen molar-refractivity contribution < 1.29 is 14.0 Å². The van der Waals surface area contributed by atoms with Crippen molar-refractivity contribution in [2.75, 3.05) is 19.6 Å². The Balaban J connectivity index is 1.66. The Kier molecular flexibility index (Phi) is 4.22. The number of likely N-dealkylation sites (tertiary alicyclic amines) is 1. The molecule has 21 heavy (non-hydrogen) atoms. The standard InChI is InChI=1S/C16H21FN2O2/c1-11(20)4-7-19-8-5-12(6-9-19)16-14-3-2-13(17)10-15(14)21-18-16/h2-3,10-12,20H,4-9H2,1H3. The third kappa shape index (κ3) is 3.24. The fraction of sp³-hybridized carbons (Fsp3) is 0.562. The topological polar surface area (TPSA) is 49.5 Å². The number of benzene rings is 1. The van der Waals surface area contributed by atoms with Crippen molar-refractivity contribution in [1.29, 1.82) is 0 Å². The molecule has 2 aromatic rings. The molecule has 1 fully saturated rings. The van der Waals surface area contributed by atoms with Crippen LogP contribution in [0.1, 0.15) is 37.8 Å². The van der Waals surface area contributed by atoms with Crippen molar-refractivity contribution in [3.63, 3.8) is 0 Å². The molecule has 0 spiro atoms. The first-order chi connectivity index (χ1) is 10.1. The molecule has 0 aliphatic carbocycles. The second kappa shape index (κ2) is 6.12. The zero-order valence-electron chi connectivity index (χ0n) is 12.3. The summed E-state index contributed by atoms with van der Waals surface area (Å²) in [5, 5.41) is 14.4. The first-order valence-electron chi connectivity index (χ1n) is 7.58. The number of hydrogen-bond donors (Lipinski definition) is 1. The molecule has 0 radical (unpaired) electrons. The minimum absolute atomic E-state index is 0.239. The molecule has 3 rings (SSSR count). The van der Waals surface area contributed by atoms with Crippen LogP contribution < -0.4 is 0 Å². The number of piperidine rings is 1. The molecule has 1 aromatic carbocycles. The Morgan fingerprint density at radius 3 is 2.90 bits per heavy atom. The van der Waals surface area contributed by atoms with E-state index in [1.165, 1.54) is 12.1 Å². The monoisotopic (exact) mass is 292 g/mol. The highest BCUT2D eigenvalue weighted by Gasteiger charge is 2.25. The van der Waals surface area contributed by atoms with Crippen molar-refractivity contribution in [2.24, 2.45) is 0 Å². The summed E-state index contributed by atoms with van der Waals surface area (Å²) in [7, 11) is 0. The SMILES string of the molecule is CC(O)CCN1CCC(c2noc3cc(F)ccc23)CC1. The van der Waals surface area contributed by atoms with Gasteiger partial charge in [0.15, 0.2) is 5.58 Å². The number of aromatic nitrogens is 1. The molecule has 1 aromatic heterocycles. The highest BCUT2D eigenvalue weighted by Crippen LogP contribution is 2.32. The highest BCUT2D eigenvalue weighted by atomic mass is 19.1. The predicted molar refractivity (Wildman–Crippen MR) is 78.7 cm³/mol. The van der Waals surface area contributed by atoms with Crippen LogP contribution in [0.2, 0.25) is 0 Å². The molecule has 5 heteroatoms. The zero-order valence-corrected chi connectivity index (χ0v) is 12.3. The molecule has 4 nitrogen and oxygen atoms in total. The van der Waals surface area contributed by atoms with E-state index in [-0.39, 0.29) is 11.9 Å². The number of halogens is 1. The van der Waals surface area contributed by atoms with Gasteiger partial charge in [0, 0.05) is 23.9 Å². The summed E-state index contributed by atoms with van der Waals surface area (Å²) in [5.41, 5.74) is 1.49. The Morgan fingerprint density at radius 1 is 1.43 bits per heavy atom. The number of aliphatic hydroxyl groups excluding tert-OH is 1. The van der Waals surface area contributed by atoms with E-state index in [4.69, 9.17) is 4.52 Å². The molecule has 2 heterocycles. The second-order valence-electron chi connectivity index (χ2n) is 5.96. The van der Waals surface area contributed by atoms with Gasteiger partial charge in [-0.25, -0.2) is 4.39 Å². The Labute approximate surface area is 123 Å². The van der Waals surface area contributed by atoms with Crippen LogP contribution in [0.4, 0.5) is 4.39 Å². The Hall–Kier alpha value is -1.46. The van der Waals surface area contributed by atoms with Crippen molar-refractivity contribution in [3.8, 4) is 0 Å². The first-order valence-corrected chi connectivity index (χ1v) is 7.58. The summed E-state index contributed by atoms with van der Waals surface area (Å²) in [6, 6.07) is 4.61. The fourth-order valence-electron chi connectivity index (χ4n) is 3.02. The lowest BCUT2D eigenvalue weighted by Gasteiger charge is -2.31. The fourth-order valence-corrected chi connectivity index (χ4v) is 3.02. The predicted octanol–water partition coefficient (Wildman–Crippen LogP) is 2.92. The van der Waals surface area contributed by atoms with Gasteiger partial charge in [-0.15, -0.1) is 0 Å². The minimum atomic E-state index is -0.293. The van der Waals surface area contributed by atoms with E-state index in [0.717, 1.165) is 50.0 Å². The van der Waals surface area contributed by atoms with Gasteiger partial charge in [0.1, 0.15) is 5.82 Å². The van der Waals surface area contributed by atoms with Gasteiger partial charge >= 0.3 is 0 Å². The maximum atomic E-state index is 13.2. The van der Waals surface area contributed by atoms with E-state index >= 15 is 0 Å². The van der Waals surface area contributed by atoms with Crippen LogP contribution in [0.3, 0.4) is 0 Å². The van der Waals surface area contributed by atoms with Gasteiger partial charge in [-0.05, 0) is 51.4 Å². The number of fused-ring (bicyclic) bond motifs is 1. The average Bonchev–Trinajstić information content (AvgIpc) is 2.88. The maximum Gasteiger partial charge on any atom is 0.170 e. The van der Waals surface area contributed by atoms with Gasteiger partial charge in [-0.3, -0.25) is 0 Å². The number of nitrogens with zero attached hydrogens (tertiary/aromatic N) is 2. The van der Waals surface area contributed by atoms with Crippen LogP contribution in [0.15, 0.2) is 22.7 Å². The molecule has 1 aliphatic rings. The maximum absolute atomic E-state index is 13.2. The smallest absolute Gasteiger partial charge is 0.170 e. The molecular weight excluding hydrogens is 271 g/mol. The van der Waals surface area contributed by atoms with Crippen LogP contribution in [0.5, 0.6) is 0 Å². The van der Waals surface area contributed by atoms with Crippen LogP contribution >= 0.6 is 0 Å². The molecule has 0 amide bonds. The molecule has 114 valence electrons. The summed E-state index contributed by atoms with van der Waals surface area (Å²) >= 11 is 0. The van der Waals surface area contributed by atoms with Crippen molar-refractivity contribution in [2.45, 2.75) is 38.2 Å². The number of aliphatic hydroxyl groups is 1. The Bertz CT molecular complexity index is 603. The van der Waals surface area contributed by atoms with Gasteiger partial charge in [0.25, 0.3) is 0 Å². The lowest BCUT2D eigenvalue weighted by Crippen LogP contribution is -2.34. The summed E-state index contributed by atoms with van der Waals surface area (Å²) in [4.78, 5) is 2.38.